The van der Waals surface area contributed by atoms with Gasteiger partial charge in [0.25, 0.3) is 0 Å². The van der Waals surface area contributed by atoms with Crippen LogP contribution in [-0.2, 0) is 4.79 Å². The van der Waals surface area contributed by atoms with Gasteiger partial charge in [-0.15, -0.1) is 0 Å². The number of guanidine groups is 1. The Kier molecular flexibility index (Phi) is 8.52. The maximum absolute atomic E-state index is 12.4. The zero-order valence-electron chi connectivity index (χ0n) is 16.7. The van der Waals surface area contributed by atoms with Crippen molar-refractivity contribution in [1.82, 2.24) is 25.3 Å². The second-order valence-electron chi connectivity index (χ2n) is 6.49. The number of halogens is 4. The number of aliphatic imine (C=N–C) groups is 1. The average Bonchev–Trinajstić information content (AvgIpc) is 3.20. The van der Waals surface area contributed by atoms with Crippen LogP contribution in [0.4, 0.5) is 13.2 Å². The summed E-state index contributed by atoms with van der Waals surface area (Å²) in [4.78, 5) is 16.7. The van der Waals surface area contributed by atoms with Gasteiger partial charge in [-0.2, -0.15) is 18.3 Å². The Morgan fingerprint density at radius 1 is 1.30 bits per heavy atom. The molecule has 1 unspecified atom stereocenters. The number of hydrogen-bond acceptors (Lipinski definition) is 3. The molecule has 1 atom stereocenters. The molecule has 7 nitrogen and oxygen atoms in total. The quantitative estimate of drug-likeness (QED) is 0.485. The fraction of sp³-hybridized carbons (Fsp3) is 0.421. The van der Waals surface area contributed by atoms with Crippen molar-refractivity contribution >= 4 is 23.5 Å². The molecule has 0 saturated carbocycles. The number of alkyl halides is 3. The third kappa shape index (κ3) is 7.58. The molecule has 2 rings (SSSR count). The number of aromatic nitrogens is 2. The molecule has 0 saturated heterocycles. The summed E-state index contributed by atoms with van der Waals surface area (Å²) < 4.78 is 39.1. The summed E-state index contributed by atoms with van der Waals surface area (Å²) >= 11 is 5.97. The fourth-order valence-corrected chi connectivity index (χ4v) is 2.80. The first-order chi connectivity index (χ1) is 14.2. The van der Waals surface area contributed by atoms with E-state index in [4.69, 9.17) is 11.6 Å². The SMILES string of the molecule is CCNC(=NCC(=O)N(C)CC(F)(F)F)NCC(c1ccc(Cl)cc1)n1cccn1. The normalized spacial score (nSPS) is 13.1. The highest BCUT2D eigenvalue weighted by Crippen LogP contribution is 2.19. The summed E-state index contributed by atoms with van der Waals surface area (Å²) in [5.41, 5.74) is 0.951. The summed E-state index contributed by atoms with van der Waals surface area (Å²) in [6, 6.07) is 8.94. The minimum Gasteiger partial charge on any atom is -0.357 e. The van der Waals surface area contributed by atoms with Gasteiger partial charge in [-0.1, -0.05) is 23.7 Å². The highest BCUT2D eigenvalue weighted by atomic mass is 35.5. The Hall–Kier alpha value is -2.75. The molecular formula is C19H24ClF3N6O. The molecule has 164 valence electrons. The first-order valence-electron chi connectivity index (χ1n) is 9.27. The second kappa shape index (κ2) is 10.9. The van der Waals surface area contributed by atoms with Gasteiger partial charge in [0.1, 0.15) is 13.1 Å². The van der Waals surface area contributed by atoms with Crippen molar-refractivity contribution in [3.63, 3.8) is 0 Å². The van der Waals surface area contributed by atoms with Gasteiger partial charge in [-0.05, 0) is 30.7 Å². The maximum Gasteiger partial charge on any atom is 0.406 e. The predicted molar refractivity (Wildman–Crippen MR) is 109 cm³/mol. The van der Waals surface area contributed by atoms with Crippen molar-refractivity contribution in [1.29, 1.82) is 0 Å². The summed E-state index contributed by atoms with van der Waals surface area (Å²) in [5, 5.41) is 11.0. The lowest BCUT2D eigenvalue weighted by molar-refractivity contribution is -0.157. The van der Waals surface area contributed by atoms with E-state index in [2.05, 4.69) is 20.7 Å². The standard InChI is InChI=1S/C19H24ClF3N6O/c1-3-24-18(26-12-17(30)28(2)13-19(21,22)23)25-11-16(29-10-4-9-27-29)14-5-7-15(20)8-6-14/h4-10,16H,3,11-13H2,1-2H3,(H2,24,25,26). The van der Waals surface area contributed by atoms with Crippen LogP contribution in [0.2, 0.25) is 5.02 Å². The molecule has 0 bridgehead atoms. The van der Waals surface area contributed by atoms with E-state index in [-0.39, 0.29) is 6.04 Å². The van der Waals surface area contributed by atoms with E-state index < -0.39 is 25.2 Å². The Labute approximate surface area is 177 Å². The lowest BCUT2D eigenvalue weighted by atomic mass is 10.1. The van der Waals surface area contributed by atoms with E-state index in [9.17, 15) is 18.0 Å². The van der Waals surface area contributed by atoms with Crippen molar-refractivity contribution < 1.29 is 18.0 Å². The van der Waals surface area contributed by atoms with Crippen LogP contribution in [-0.4, -0.2) is 66.0 Å². The van der Waals surface area contributed by atoms with Crippen LogP contribution in [0.1, 0.15) is 18.5 Å². The topological polar surface area (TPSA) is 74.6 Å². The Bertz CT molecular complexity index is 824. The molecule has 1 heterocycles. The van der Waals surface area contributed by atoms with E-state index in [1.165, 1.54) is 0 Å². The predicted octanol–water partition coefficient (Wildman–Crippen LogP) is 2.70. The molecule has 0 aliphatic carbocycles. The summed E-state index contributed by atoms with van der Waals surface area (Å²) in [7, 11) is 1.10. The van der Waals surface area contributed by atoms with Crippen LogP contribution >= 0.6 is 11.6 Å². The molecular weight excluding hydrogens is 421 g/mol. The summed E-state index contributed by atoms with van der Waals surface area (Å²) in [5.74, 6) is -0.414. The molecule has 1 aromatic heterocycles. The average molecular weight is 445 g/mol. The minimum atomic E-state index is -4.45. The second-order valence-corrected chi connectivity index (χ2v) is 6.93. The van der Waals surface area contributed by atoms with Crippen molar-refractivity contribution in [2.45, 2.75) is 19.1 Å². The molecule has 0 aliphatic heterocycles. The Morgan fingerprint density at radius 2 is 2.00 bits per heavy atom. The minimum absolute atomic E-state index is 0.190. The number of rotatable bonds is 8. The number of carbonyl (C=O) groups is 1. The van der Waals surface area contributed by atoms with Gasteiger partial charge in [0.15, 0.2) is 5.96 Å². The zero-order valence-corrected chi connectivity index (χ0v) is 17.4. The van der Waals surface area contributed by atoms with E-state index >= 15 is 0 Å². The molecule has 11 heteroatoms. The lowest BCUT2D eigenvalue weighted by Crippen LogP contribution is -2.42. The zero-order chi connectivity index (χ0) is 22.1. The number of likely N-dealkylation sites (N-methyl/N-ethyl adjacent to an activating group) is 1. The van der Waals surface area contributed by atoms with Gasteiger partial charge in [0.05, 0.1) is 6.04 Å². The number of amides is 1. The molecule has 2 aromatic rings. The number of hydrogen-bond donors (Lipinski definition) is 2. The number of carbonyl (C=O) groups excluding carboxylic acids is 1. The van der Waals surface area contributed by atoms with Gasteiger partial charge < -0.3 is 15.5 Å². The third-order valence-corrected chi connectivity index (χ3v) is 4.37. The van der Waals surface area contributed by atoms with Crippen molar-refractivity contribution in [3.8, 4) is 0 Å². The van der Waals surface area contributed by atoms with Gasteiger partial charge in [-0.3, -0.25) is 9.48 Å². The molecule has 0 spiro atoms. The van der Waals surface area contributed by atoms with Crippen LogP contribution in [0.25, 0.3) is 0 Å². The van der Waals surface area contributed by atoms with Gasteiger partial charge in [0.2, 0.25) is 5.91 Å². The van der Waals surface area contributed by atoms with Crippen LogP contribution in [0.3, 0.4) is 0 Å². The maximum atomic E-state index is 12.4. The number of nitrogens with zero attached hydrogens (tertiary/aromatic N) is 4. The van der Waals surface area contributed by atoms with Gasteiger partial charge in [-0.25, -0.2) is 4.99 Å². The molecule has 0 radical (unpaired) electrons. The van der Waals surface area contributed by atoms with E-state index in [0.29, 0.717) is 29.0 Å². The highest BCUT2D eigenvalue weighted by Gasteiger charge is 2.31. The molecule has 0 aliphatic rings. The smallest absolute Gasteiger partial charge is 0.357 e. The van der Waals surface area contributed by atoms with Crippen LogP contribution in [0.15, 0.2) is 47.7 Å². The molecule has 1 amide bonds. The first-order valence-corrected chi connectivity index (χ1v) is 9.65. The summed E-state index contributed by atoms with van der Waals surface area (Å²) in [6.07, 6.45) is -0.968. The molecule has 2 N–H and O–H groups in total. The highest BCUT2D eigenvalue weighted by molar-refractivity contribution is 6.30. The van der Waals surface area contributed by atoms with Crippen LogP contribution in [0, 0.1) is 0 Å². The molecule has 0 fully saturated rings. The van der Waals surface area contributed by atoms with E-state index in [1.807, 2.05) is 25.3 Å². The van der Waals surface area contributed by atoms with Crippen LogP contribution < -0.4 is 10.6 Å². The first kappa shape index (κ1) is 23.5. The largest absolute Gasteiger partial charge is 0.406 e. The third-order valence-electron chi connectivity index (χ3n) is 4.12. The fourth-order valence-electron chi connectivity index (χ4n) is 2.67. The van der Waals surface area contributed by atoms with E-state index in [0.717, 1.165) is 12.6 Å². The lowest BCUT2D eigenvalue weighted by Gasteiger charge is -2.21. The Morgan fingerprint density at radius 3 is 2.57 bits per heavy atom. The van der Waals surface area contributed by atoms with E-state index in [1.54, 1.807) is 29.1 Å². The van der Waals surface area contributed by atoms with Crippen molar-refractivity contribution in [2.24, 2.45) is 4.99 Å². The van der Waals surface area contributed by atoms with Crippen LogP contribution in [0.5, 0.6) is 0 Å². The van der Waals surface area contributed by atoms with Gasteiger partial charge >= 0.3 is 6.18 Å². The number of nitrogens with one attached hydrogen (secondary N) is 2. The Balaban J connectivity index is 2.07. The monoisotopic (exact) mass is 444 g/mol. The van der Waals surface area contributed by atoms with Gasteiger partial charge in [0, 0.05) is 37.6 Å². The van der Waals surface area contributed by atoms with Crippen molar-refractivity contribution in [2.75, 3.05) is 33.2 Å². The molecule has 30 heavy (non-hydrogen) atoms. The van der Waals surface area contributed by atoms with Crippen molar-refractivity contribution in [3.05, 3.63) is 53.3 Å². The molecule has 1 aromatic carbocycles. The summed E-state index contributed by atoms with van der Waals surface area (Å²) in [6.45, 7) is 1.02. The number of benzene rings is 1.